The van der Waals surface area contributed by atoms with E-state index in [1.165, 1.54) is 11.1 Å². The first-order chi connectivity index (χ1) is 20.3. The molecule has 242 valence electrons. The van der Waals surface area contributed by atoms with E-state index in [0.717, 1.165) is 31.2 Å². The lowest BCUT2D eigenvalue weighted by atomic mass is 9.49. The van der Waals surface area contributed by atoms with Crippen LogP contribution in [0.1, 0.15) is 69.1 Å². The molecule has 0 aromatic heterocycles. The molecule has 12 nitrogen and oxygen atoms in total. The molecule has 5 rings (SSSR count). The number of aliphatic hydroxyl groups is 7. The van der Waals surface area contributed by atoms with E-state index in [0.29, 0.717) is 6.42 Å². The van der Waals surface area contributed by atoms with Crippen molar-refractivity contribution in [2.24, 2.45) is 11.3 Å². The van der Waals surface area contributed by atoms with Gasteiger partial charge in [0.2, 0.25) is 6.29 Å². The molecule has 4 aliphatic rings. The Balaban J connectivity index is 1.29. The molecule has 2 aliphatic heterocycles. The van der Waals surface area contributed by atoms with Crippen molar-refractivity contribution in [2.75, 3.05) is 19.8 Å². The van der Waals surface area contributed by atoms with Gasteiger partial charge in [0.05, 0.1) is 18.6 Å². The zero-order valence-electron chi connectivity index (χ0n) is 24.9. The Morgan fingerprint density at radius 1 is 0.953 bits per heavy atom. The van der Waals surface area contributed by atoms with Crippen LogP contribution in [-0.2, 0) is 35.6 Å². The maximum absolute atomic E-state index is 13.9. The molecule has 1 saturated carbocycles. The topological polar surface area (TPSA) is 196 Å². The second-order valence-corrected chi connectivity index (χ2v) is 13.2. The summed E-state index contributed by atoms with van der Waals surface area (Å²) in [5, 5.41) is 70.8. The van der Waals surface area contributed by atoms with Crippen LogP contribution in [0.5, 0.6) is 0 Å². The quantitative estimate of drug-likeness (QED) is 0.189. The number of hydrogen-bond donors (Lipinski definition) is 7. The number of esters is 1. The summed E-state index contributed by atoms with van der Waals surface area (Å²) in [5.41, 5.74) is 2.31. The van der Waals surface area contributed by atoms with Gasteiger partial charge >= 0.3 is 5.97 Å². The van der Waals surface area contributed by atoms with Gasteiger partial charge in [0.25, 0.3) is 0 Å². The average Bonchev–Trinajstić information content (AvgIpc) is 3.27. The van der Waals surface area contributed by atoms with Crippen molar-refractivity contribution < 1.29 is 59.5 Å². The number of benzene rings is 1. The lowest BCUT2D eigenvalue weighted by molar-refractivity contribution is -0.305. The summed E-state index contributed by atoms with van der Waals surface area (Å²) in [4.78, 5) is 13.9. The molecular weight excluding hydrogens is 564 g/mol. The SMILES string of the molecule is CC(CO)c1ccc2c(c1)CC[C@H]1[C@](C)(C(=O)O[C@@H]3O[C@H](CO[C@@H]4O[C@@H](CO)[C@H](O)[C@H]4O)[C@@H](O)[C@H](O)[C@H]3O)CCC[C@]21C. The third kappa shape index (κ3) is 5.76. The number of ether oxygens (including phenoxy) is 4. The van der Waals surface area contributed by atoms with Crippen molar-refractivity contribution in [3.8, 4) is 0 Å². The molecule has 13 atom stereocenters. The number of hydrogen-bond acceptors (Lipinski definition) is 12. The Morgan fingerprint density at radius 3 is 2.30 bits per heavy atom. The van der Waals surface area contributed by atoms with E-state index >= 15 is 0 Å². The highest BCUT2D eigenvalue weighted by Gasteiger charge is 2.57. The Kier molecular flexibility index (Phi) is 9.57. The Bertz CT molecular complexity index is 1150. The minimum atomic E-state index is -1.72. The first-order valence-electron chi connectivity index (χ1n) is 15.2. The van der Waals surface area contributed by atoms with Crippen LogP contribution >= 0.6 is 0 Å². The van der Waals surface area contributed by atoms with E-state index in [-0.39, 0.29) is 23.9 Å². The smallest absolute Gasteiger partial charge is 0.314 e. The number of fused-ring (bicyclic) bond motifs is 3. The van der Waals surface area contributed by atoms with Crippen LogP contribution in [0.15, 0.2) is 18.2 Å². The second-order valence-electron chi connectivity index (χ2n) is 13.2. The summed E-state index contributed by atoms with van der Waals surface area (Å²) in [5.74, 6) is -0.586. The summed E-state index contributed by atoms with van der Waals surface area (Å²) < 4.78 is 22.3. The van der Waals surface area contributed by atoms with Crippen LogP contribution in [0.3, 0.4) is 0 Å². The lowest BCUT2D eigenvalue weighted by Gasteiger charge is -2.54. The van der Waals surface area contributed by atoms with E-state index < -0.39 is 79.9 Å². The molecule has 43 heavy (non-hydrogen) atoms. The van der Waals surface area contributed by atoms with Crippen LogP contribution < -0.4 is 0 Å². The average molecular weight is 611 g/mol. The minimum absolute atomic E-state index is 0.0345. The second kappa shape index (κ2) is 12.6. The Labute approximate surface area is 251 Å². The first-order valence-corrected chi connectivity index (χ1v) is 15.2. The van der Waals surface area contributed by atoms with Crippen LogP contribution in [0.25, 0.3) is 0 Å². The standard InChI is InChI=1S/C31H46O12/c1-15(12-32)16-5-7-18-17(11-16)6-8-21-30(18,2)9-4-10-31(21,3)29(39)43-28-26(38)24(36)23(35)20(42-28)14-40-27-25(37)22(34)19(13-33)41-27/h5,7,11,15,19-28,32-38H,4,6,8-10,12-14H2,1-3H3/t15?,19-,20+,21+,22-,23+,24-,25+,26+,27+,28-,30+,31+/m0/s1. The molecule has 2 aliphatic carbocycles. The van der Waals surface area contributed by atoms with Gasteiger partial charge in [0, 0.05) is 12.5 Å². The molecular formula is C31H46O12. The molecule has 0 radical (unpaired) electrons. The summed E-state index contributed by atoms with van der Waals surface area (Å²) >= 11 is 0. The molecule has 0 amide bonds. The number of carbonyl (C=O) groups is 1. The number of carbonyl (C=O) groups excluding carboxylic acids is 1. The first kappa shape index (κ1) is 32.7. The van der Waals surface area contributed by atoms with Gasteiger partial charge in [-0.25, -0.2) is 0 Å². The number of aliphatic hydroxyl groups excluding tert-OH is 7. The third-order valence-electron chi connectivity index (χ3n) is 10.5. The fraction of sp³-hybridized carbons (Fsp3) is 0.774. The summed E-state index contributed by atoms with van der Waals surface area (Å²) in [6.07, 6.45) is -9.35. The van der Waals surface area contributed by atoms with Gasteiger partial charge in [0.1, 0.15) is 42.7 Å². The van der Waals surface area contributed by atoms with E-state index in [1.54, 1.807) is 0 Å². The zero-order valence-corrected chi connectivity index (χ0v) is 24.9. The zero-order chi connectivity index (χ0) is 31.3. The van der Waals surface area contributed by atoms with Crippen LogP contribution in [0.2, 0.25) is 0 Å². The molecule has 7 N–H and O–H groups in total. The molecule has 1 aromatic rings. The fourth-order valence-electron chi connectivity index (χ4n) is 7.75. The van der Waals surface area contributed by atoms with E-state index in [9.17, 15) is 40.5 Å². The van der Waals surface area contributed by atoms with Gasteiger partial charge in [-0.2, -0.15) is 0 Å². The number of rotatable bonds is 8. The van der Waals surface area contributed by atoms with Crippen molar-refractivity contribution in [3.05, 3.63) is 34.9 Å². The maximum atomic E-state index is 13.9. The van der Waals surface area contributed by atoms with Crippen molar-refractivity contribution >= 4 is 5.97 Å². The molecule has 1 unspecified atom stereocenters. The highest BCUT2D eigenvalue weighted by molar-refractivity contribution is 5.78. The summed E-state index contributed by atoms with van der Waals surface area (Å²) in [6.45, 7) is 5.15. The van der Waals surface area contributed by atoms with Crippen LogP contribution in [0, 0.1) is 11.3 Å². The Hall–Kier alpha value is -1.71. The molecule has 2 saturated heterocycles. The van der Waals surface area contributed by atoms with Crippen molar-refractivity contribution in [1.29, 1.82) is 0 Å². The van der Waals surface area contributed by atoms with Crippen molar-refractivity contribution in [2.45, 2.75) is 120 Å². The van der Waals surface area contributed by atoms with Crippen LogP contribution in [-0.4, -0.2) is 117 Å². The van der Waals surface area contributed by atoms with Crippen LogP contribution in [0.4, 0.5) is 0 Å². The Morgan fingerprint density at radius 2 is 1.63 bits per heavy atom. The molecule has 0 bridgehead atoms. The largest absolute Gasteiger partial charge is 0.432 e. The van der Waals surface area contributed by atoms with Gasteiger partial charge in [-0.15, -0.1) is 0 Å². The van der Waals surface area contributed by atoms with E-state index in [2.05, 4.69) is 25.1 Å². The predicted molar refractivity (Wildman–Crippen MR) is 150 cm³/mol. The van der Waals surface area contributed by atoms with Gasteiger partial charge in [-0.1, -0.05) is 38.5 Å². The van der Waals surface area contributed by atoms with Crippen molar-refractivity contribution in [3.63, 3.8) is 0 Å². The van der Waals surface area contributed by atoms with Crippen molar-refractivity contribution in [1.82, 2.24) is 0 Å². The normalized spacial score (nSPS) is 43.5. The summed E-state index contributed by atoms with van der Waals surface area (Å²) in [6, 6.07) is 6.35. The maximum Gasteiger partial charge on any atom is 0.314 e. The highest BCUT2D eigenvalue weighted by atomic mass is 16.7. The lowest BCUT2D eigenvalue weighted by Crippen LogP contribution is -2.61. The number of aryl methyl sites for hydroxylation is 1. The predicted octanol–water partition coefficient (Wildman–Crippen LogP) is -0.401. The molecule has 3 fully saturated rings. The van der Waals surface area contributed by atoms with E-state index in [4.69, 9.17) is 18.9 Å². The minimum Gasteiger partial charge on any atom is -0.432 e. The highest BCUT2D eigenvalue weighted by Crippen LogP contribution is 2.58. The summed E-state index contributed by atoms with van der Waals surface area (Å²) in [7, 11) is 0. The third-order valence-corrected chi connectivity index (χ3v) is 10.5. The van der Waals surface area contributed by atoms with Gasteiger partial charge in [-0.3, -0.25) is 4.79 Å². The fourth-order valence-corrected chi connectivity index (χ4v) is 7.75. The van der Waals surface area contributed by atoms with E-state index in [1.807, 2.05) is 13.8 Å². The molecule has 2 heterocycles. The monoisotopic (exact) mass is 610 g/mol. The molecule has 1 aromatic carbocycles. The van der Waals surface area contributed by atoms with Gasteiger partial charge in [-0.05, 0) is 60.6 Å². The molecule has 12 heteroatoms. The molecule has 0 spiro atoms. The van der Waals surface area contributed by atoms with Gasteiger partial charge in [0.15, 0.2) is 6.29 Å². The van der Waals surface area contributed by atoms with Gasteiger partial charge < -0.3 is 54.7 Å².